The largest absolute Gasteiger partial charge is 0.449 e. The van der Waals surface area contributed by atoms with Crippen molar-refractivity contribution in [2.24, 2.45) is 11.3 Å². The third-order valence-corrected chi connectivity index (χ3v) is 7.61. The number of pyridine rings is 1. The van der Waals surface area contributed by atoms with Crippen molar-refractivity contribution < 1.29 is 14.3 Å². The second-order valence-electron chi connectivity index (χ2n) is 11.5. The molecule has 0 saturated carbocycles. The molecule has 2 aromatic rings. The Labute approximate surface area is 230 Å². The minimum absolute atomic E-state index is 0.0358. The molecule has 2 saturated heterocycles. The Morgan fingerprint density at radius 2 is 1.82 bits per heavy atom. The number of halogens is 1. The summed E-state index contributed by atoms with van der Waals surface area (Å²) in [7, 11) is 1.76. The van der Waals surface area contributed by atoms with Crippen molar-refractivity contribution in [2.45, 2.75) is 45.6 Å². The van der Waals surface area contributed by atoms with Crippen LogP contribution in [0.5, 0.6) is 0 Å². The van der Waals surface area contributed by atoms with Gasteiger partial charge in [0.25, 0.3) is 0 Å². The monoisotopic (exact) mass is 537 g/mol. The first-order valence-corrected chi connectivity index (χ1v) is 13.5. The normalized spacial score (nSPS) is 20.2. The molecule has 2 fully saturated rings. The summed E-state index contributed by atoms with van der Waals surface area (Å²) in [6, 6.07) is 13.2. The molecule has 0 spiro atoms. The number of rotatable bonds is 5. The van der Waals surface area contributed by atoms with E-state index in [-0.39, 0.29) is 35.3 Å². The van der Waals surface area contributed by atoms with E-state index in [4.69, 9.17) is 21.6 Å². The van der Waals surface area contributed by atoms with Crippen LogP contribution in [0, 0.1) is 22.7 Å². The number of carbonyl (C=O) groups is 2. The van der Waals surface area contributed by atoms with Crippen LogP contribution in [0.4, 0.5) is 10.6 Å². The summed E-state index contributed by atoms with van der Waals surface area (Å²) in [5.74, 6) is 0.850. The highest BCUT2D eigenvalue weighted by Gasteiger charge is 2.42. The van der Waals surface area contributed by atoms with Gasteiger partial charge in [0.1, 0.15) is 11.9 Å². The summed E-state index contributed by atoms with van der Waals surface area (Å²) in [5, 5.41) is 9.65. The van der Waals surface area contributed by atoms with Gasteiger partial charge in [0, 0.05) is 56.3 Å². The van der Waals surface area contributed by atoms with Gasteiger partial charge >= 0.3 is 6.09 Å². The molecule has 1 aromatic heterocycles. The number of nitriles is 1. The van der Waals surface area contributed by atoms with Crippen LogP contribution in [-0.4, -0.2) is 72.7 Å². The number of hydrogen-bond donors (Lipinski definition) is 0. The molecular weight excluding hydrogens is 502 g/mol. The number of carbonyl (C=O) groups excluding carboxylic acids is 2. The van der Waals surface area contributed by atoms with Gasteiger partial charge in [-0.3, -0.25) is 4.79 Å². The van der Waals surface area contributed by atoms with Crippen LogP contribution in [-0.2, 0) is 9.53 Å². The molecule has 9 heteroatoms. The van der Waals surface area contributed by atoms with E-state index in [1.807, 2.05) is 56.0 Å². The molecule has 1 aromatic carbocycles. The first-order valence-electron chi connectivity index (χ1n) is 13.1. The van der Waals surface area contributed by atoms with E-state index in [2.05, 4.69) is 16.0 Å². The Kier molecular flexibility index (Phi) is 8.47. The molecular formula is C29H36ClN5O3. The van der Waals surface area contributed by atoms with Crippen LogP contribution in [0.15, 0.2) is 42.6 Å². The van der Waals surface area contributed by atoms with Crippen molar-refractivity contribution in [3.8, 4) is 6.07 Å². The van der Waals surface area contributed by atoms with Crippen LogP contribution < -0.4 is 4.90 Å². The highest BCUT2D eigenvalue weighted by atomic mass is 35.5. The summed E-state index contributed by atoms with van der Waals surface area (Å²) in [6.07, 6.45) is 2.67. The van der Waals surface area contributed by atoms with Crippen LogP contribution in [0.1, 0.15) is 50.7 Å². The number of benzene rings is 1. The predicted molar refractivity (Wildman–Crippen MR) is 147 cm³/mol. The number of hydrogen-bond acceptors (Lipinski definition) is 6. The highest BCUT2D eigenvalue weighted by molar-refractivity contribution is 6.30. The Morgan fingerprint density at radius 1 is 1.13 bits per heavy atom. The van der Waals surface area contributed by atoms with Crippen molar-refractivity contribution in [1.82, 2.24) is 14.8 Å². The summed E-state index contributed by atoms with van der Waals surface area (Å²) in [4.78, 5) is 36.7. The molecule has 4 rings (SSSR count). The quantitative estimate of drug-likeness (QED) is 0.537. The van der Waals surface area contributed by atoms with Gasteiger partial charge in [-0.1, -0.05) is 44.5 Å². The standard InChI is InChI=1S/C29H36ClN5O3/c1-29(2,3)19-38-28(37)33(4)25-18-35(17-24(25)21-6-8-23(30)9-7-21)27(36)22-11-13-34(14-12-22)26-10-5-20(15-31)16-32-26/h5-10,16,22,24-25H,11-14,17-19H2,1-4H3/t24-,25+/m0/s1. The SMILES string of the molecule is CN(C(=O)OCC(C)(C)C)[C@@H]1CN(C(=O)C2CCN(c3ccc(C#N)cn3)CC2)C[C@H]1c1ccc(Cl)cc1. The van der Waals surface area contributed by atoms with Crippen LogP contribution in [0.2, 0.25) is 5.02 Å². The third-order valence-electron chi connectivity index (χ3n) is 7.36. The Balaban J connectivity index is 1.43. The fraction of sp³-hybridized carbons (Fsp3) is 0.517. The fourth-order valence-corrected chi connectivity index (χ4v) is 5.29. The zero-order chi connectivity index (χ0) is 27.4. The molecule has 0 unspecified atom stereocenters. The minimum atomic E-state index is -0.374. The average molecular weight is 538 g/mol. The van der Waals surface area contributed by atoms with Crippen LogP contribution in [0.25, 0.3) is 0 Å². The van der Waals surface area contributed by atoms with Gasteiger partial charge in [-0.05, 0) is 48.1 Å². The van der Waals surface area contributed by atoms with E-state index in [0.29, 0.717) is 30.3 Å². The lowest BCUT2D eigenvalue weighted by molar-refractivity contribution is -0.135. The van der Waals surface area contributed by atoms with Gasteiger partial charge in [-0.25, -0.2) is 9.78 Å². The van der Waals surface area contributed by atoms with Crippen LogP contribution in [0.3, 0.4) is 0 Å². The van der Waals surface area contributed by atoms with Gasteiger partial charge in [-0.2, -0.15) is 5.26 Å². The van der Waals surface area contributed by atoms with Gasteiger partial charge in [0.15, 0.2) is 0 Å². The van der Waals surface area contributed by atoms with Crippen molar-refractivity contribution in [3.05, 3.63) is 58.7 Å². The topological polar surface area (TPSA) is 89.8 Å². The summed E-state index contributed by atoms with van der Waals surface area (Å²) < 4.78 is 5.60. The molecule has 0 radical (unpaired) electrons. The summed E-state index contributed by atoms with van der Waals surface area (Å²) in [6.45, 7) is 8.85. The number of aromatic nitrogens is 1. The molecule has 2 amide bonds. The van der Waals surface area contributed by atoms with Crippen molar-refractivity contribution in [1.29, 1.82) is 5.26 Å². The Bertz CT molecular complexity index is 1160. The van der Waals surface area contributed by atoms with E-state index in [9.17, 15) is 9.59 Å². The lowest BCUT2D eigenvalue weighted by Gasteiger charge is -2.34. The molecule has 0 bridgehead atoms. The maximum atomic E-state index is 13.7. The smallest absolute Gasteiger partial charge is 0.409 e. The number of likely N-dealkylation sites (tertiary alicyclic amines) is 1. The molecule has 2 atom stereocenters. The van der Waals surface area contributed by atoms with Crippen molar-refractivity contribution in [3.63, 3.8) is 0 Å². The fourth-order valence-electron chi connectivity index (χ4n) is 5.17. The van der Waals surface area contributed by atoms with Crippen LogP contribution >= 0.6 is 11.6 Å². The number of amides is 2. The van der Waals surface area contributed by atoms with E-state index in [0.717, 1.165) is 37.3 Å². The van der Waals surface area contributed by atoms with Gasteiger partial charge < -0.3 is 19.4 Å². The molecule has 38 heavy (non-hydrogen) atoms. The highest BCUT2D eigenvalue weighted by Crippen LogP contribution is 2.34. The molecule has 3 heterocycles. The van der Waals surface area contributed by atoms with Gasteiger partial charge in [-0.15, -0.1) is 0 Å². The van der Waals surface area contributed by atoms with E-state index in [1.54, 1.807) is 24.2 Å². The molecule has 0 aliphatic carbocycles. The number of likely N-dealkylation sites (N-methyl/N-ethyl adjacent to an activating group) is 1. The Morgan fingerprint density at radius 3 is 2.39 bits per heavy atom. The zero-order valence-electron chi connectivity index (χ0n) is 22.6. The number of anilines is 1. The lowest BCUT2D eigenvalue weighted by atomic mass is 9.93. The maximum absolute atomic E-state index is 13.7. The molecule has 2 aliphatic rings. The van der Waals surface area contributed by atoms with Gasteiger partial charge in [0.2, 0.25) is 5.91 Å². The van der Waals surface area contributed by atoms with Crippen molar-refractivity contribution in [2.75, 3.05) is 44.7 Å². The first kappa shape index (κ1) is 27.7. The second kappa shape index (κ2) is 11.6. The molecule has 2 aliphatic heterocycles. The zero-order valence-corrected chi connectivity index (χ0v) is 23.3. The van der Waals surface area contributed by atoms with Crippen molar-refractivity contribution >= 4 is 29.4 Å². The number of ether oxygens (including phenoxy) is 1. The first-order chi connectivity index (χ1) is 18.1. The van der Waals surface area contributed by atoms with E-state index >= 15 is 0 Å². The Hall–Kier alpha value is -3.31. The maximum Gasteiger partial charge on any atom is 0.409 e. The third kappa shape index (κ3) is 6.57. The van der Waals surface area contributed by atoms with E-state index < -0.39 is 0 Å². The van der Waals surface area contributed by atoms with Gasteiger partial charge in [0.05, 0.1) is 18.2 Å². The molecule has 202 valence electrons. The predicted octanol–water partition coefficient (Wildman–Crippen LogP) is 4.93. The molecule has 8 nitrogen and oxygen atoms in total. The molecule has 0 N–H and O–H groups in total. The average Bonchev–Trinajstić information content (AvgIpc) is 3.36. The number of nitrogens with zero attached hydrogens (tertiary/aromatic N) is 5. The summed E-state index contributed by atoms with van der Waals surface area (Å²) >= 11 is 6.13. The second-order valence-corrected chi connectivity index (χ2v) is 11.9. The van der Waals surface area contributed by atoms with E-state index in [1.165, 1.54) is 0 Å². The minimum Gasteiger partial charge on any atom is -0.449 e. The summed E-state index contributed by atoms with van der Waals surface area (Å²) in [5.41, 5.74) is 1.45. The lowest BCUT2D eigenvalue weighted by Crippen LogP contribution is -2.45. The number of piperidine rings is 1.